The number of aliphatic hydroxyl groups is 12. The number of phenols is 1. The Hall–Kier alpha value is -8.49. The van der Waals surface area contributed by atoms with Crippen LogP contribution >= 0.6 is 15.9 Å². The smallest absolute Gasteiger partial charge is 0.508 e. The number of carboxylic acids is 1. The SMILES string of the molecule is CC(=O)OC[C@H]1O[C@H](c2ccc(B3OC(C)(C)C(C)(C)O3)cc2)[C@@H](O)[C@@H](O)[C@@H]1OC(C)=O.CC(=O)OC[C@H]1O[C@H](c2ccc(OS(=O)(=O)C(F)(F)F)cc2)[C@@H](O)[C@@H](O)[C@@H]1OC(C)=O.CC(=O)OC[C@H]1O[C@H](c2cccc(O)c2)[C@@H](C)[C@@H](C)[C@@H]1OC(C)=O.O=C(O)c1cccc([C@H]2O[C@H](CO)[C@@H](O)[C@H](O)[C@@H]2O)c1.OC[C@H]1O[C@H](c2cccc(Br)c2)[C@@H](O)[C@@H](O)[C@@H]1O. The summed E-state index contributed by atoms with van der Waals surface area (Å²) in [6.07, 6.45) is -26.3. The van der Waals surface area contributed by atoms with E-state index in [1.54, 1.807) is 66.7 Å². The van der Waals surface area contributed by atoms with E-state index in [0.29, 0.717) is 16.7 Å². The Morgan fingerprint density at radius 3 is 1.17 bits per heavy atom. The number of esters is 6. The van der Waals surface area contributed by atoms with Crippen LogP contribution in [0.1, 0.15) is 152 Å². The van der Waals surface area contributed by atoms with E-state index in [1.807, 2.05) is 53.7 Å². The first-order chi connectivity index (χ1) is 58.3. The predicted molar refractivity (Wildman–Crippen MR) is 427 cm³/mol. The van der Waals surface area contributed by atoms with Gasteiger partial charge in [-0.05, 0) is 115 Å². The van der Waals surface area contributed by atoms with E-state index >= 15 is 0 Å². The Labute approximate surface area is 725 Å². The van der Waals surface area contributed by atoms with Crippen LogP contribution in [0, 0.1) is 11.8 Å². The Balaban J connectivity index is 0.000000218. The fraction of sp³-hybridized carbons (Fsp3) is 0.549. The zero-order valence-corrected chi connectivity index (χ0v) is 72.1. The van der Waals surface area contributed by atoms with Gasteiger partial charge in [-0.15, -0.1) is 0 Å². The lowest BCUT2D eigenvalue weighted by Gasteiger charge is -2.44. The second-order valence-electron chi connectivity index (χ2n) is 31.0. The second kappa shape index (κ2) is 45.0. The minimum absolute atomic E-state index is 0.00411. The molecule has 14 N–H and O–H groups in total. The first-order valence-electron chi connectivity index (χ1n) is 39.0. The van der Waals surface area contributed by atoms with Crippen LogP contribution < -0.4 is 9.65 Å². The van der Waals surface area contributed by atoms with Crippen LogP contribution in [0.2, 0.25) is 0 Å². The van der Waals surface area contributed by atoms with Crippen molar-refractivity contribution in [1.82, 2.24) is 0 Å². The number of phenolic OH excluding ortho intramolecular Hbond substituents is 1. The summed E-state index contributed by atoms with van der Waals surface area (Å²) in [7, 11) is -6.41. The first-order valence-corrected chi connectivity index (χ1v) is 41.2. The molecule has 6 aliphatic rings. The summed E-state index contributed by atoms with van der Waals surface area (Å²) in [6.45, 7) is 17.5. The van der Waals surface area contributed by atoms with E-state index < -0.39 is 236 Å². The number of halogens is 4. The monoisotopic (exact) mass is 1860 g/mol. The van der Waals surface area contributed by atoms with Crippen molar-refractivity contribution < 1.29 is 192 Å². The molecule has 5 aromatic rings. The minimum atomic E-state index is -5.87. The van der Waals surface area contributed by atoms with Crippen LogP contribution in [-0.2, 0) is 100 Å². The quantitative estimate of drug-likeness (QED) is 0.0175. The normalized spacial score (nSPS) is 31.0. The van der Waals surface area contributed by atoms with Crippen molar-refractivity contribution in [2.75, 3.05) is 33.0 Å². The highest BCUT2D eigenvalue weighted by Gasteiger charge is 2.55. The number of rotatable bonds is 20. The fourth-order valence-corrected chi connectivity index (χ4v) is 14.7. The number of aromatic hydroxyl groups is 1. The number of hydrogen-bond donors (Lipinski definition) is 14. The molecule has 125 heavy (non-hydrogen) atoms. The molecule has 6 heterocycles. The summed E-state index contributed by atoms with van der Waals surface area (Å²) in [4.78, 5) is 78.6. The van der Waals surface area contributed by atoms with Gasteiger partial charge in [-0.25, -0.2) is 4.79 Å². The molecular formula is C82H105BBrF3O37S. The summed E-state index contributed by atoms with van der Waals surface area (Å²) in [5, 5.41) is 137. The summed E-state index contributed by atoms with van der Waals surface area (Å²) < 4.78 is 135. The average Bonchev–Trinajstić information content (AvgIpc) is 1.81. The number of carbonyl (C=O) groups is 7. The molecule has 0 amide bonds. The molecule has 6 fully saturated rings. The molecule has 0 unspecified atom stereocenters. The number of aromatic carboxylic acids is 1. The van der Waals surface area contributed by atoms with Gasteiger partial charge < -0.3 is 137 Å². The highest BCUT2D eigenvalue weighted by Crippen LogP contribution is 2.44. The summed E-state index contributed by atoms with van der Waals surface area (Å²) >= 11 is 3.31. The third-order valence-corrected chi connectivity index (χ3v) is 22.7. The highest BCUT2D eigenvalue weighted by atomic mass is 79.9. The van der Waals surface area contributed by atoms with Crippen LogP contribution in [0.15, 0.2) is 126 Å². The lowest BCUT2D eigenvalue weighted by molar-refractivity contribution is -0.242. The largest absolute Gasteiger partial charge is 0.534 e. The standard InChI is InChI=1S/C22H31BO9.C18H24O6.C17H19F3O10S.C13H16O7.C12H15BrO5/c1-12(24)28-11-16-20(29-13(2)25)18(27)17(26)19(30-16)14-7-9-15(10-8-14)23-31-21(3,4)22(5,6)32-23;1-10-11(2)18(23-13(4)20)16(9-22-12(3)19)24-17(10)14-6-5-7-15(21)8-14;1-8(21)27-7-12-16(28-9(2)22)14(24)13(23)15(29-12)10-3-5-11(6-4-10)30-31(25,26)17(18,19)20;14-5-8-9(15)10(16)11(17)12(20-8)6-2-1-3-7(4-6)13(18)19;13-7-3-1-2-6(4-7)12-11(17)10(16)9(15)8(5-14)18-12/h7-10,16-20,26-27H,11H2,1-6H3;5-8,10-11,16-18,21H,9H2,1-4H3;3-6,12-16,23-24H,7H2,1-2H3;1-4,8-12,14-17H,5H2,(H,18,19);1-4,8-12,14-17H,5H2/t16-,17+,18-,19-,20-;10-,11+,16+,17-,18-;12-,13+,14-,15-,16-;2*8-,9-,10+,11+,12-/m10111/s1. The van der Waals surface area contributed by atoms with E-state index in [0.717, 1.165) is 53.6 Å². The number of carboxylic acid groups (broad SMARTS) is 1. The Bertz CT molecular complexity index is 4510. The van der Waals surface area contributed by atoms with Crippen LogP contribution in [0.5, 0.6) is 11.5 Å². The molecule has 0 radical (unpaired) electrons. The van der Waals surface area contributed by atoms with Crippen molar-refractivity contribution in [1.29, 1.82) is 0 Å². The Kier molecular flexibility index (Phi) is 37.3. The van der Waals surface area contributed by atoms with E-state index in [9.17, 15) is 111 Å². The molecule has 6 saturated heterocycles. The topological polar surface area (TPSA) is 566 Å². The van der Waals surface area contributed by atoms with Gasteiger partial charge in [-0.3, -0.25) is 28.8 Å². The zero-order chi connectivity index (χ0) is 93.4. The third kappa shape index (κ3) is 27.3. The van der Waals surface area contributed by atoms with Gasteiger partial charge in [0.05, 0.1) is 36.1 Å². The van der Waals surface area contributed by atoms with Gasteiger partial charge in [0.15, 0.2) is 12.2 Å². The molecular weight excluding hydrogens is 1760 g/mol. The van der Waals surface area contributed by atoms with Crippen molar-refractivity contribution in [2.24, 2.45) is 11.8 Å². The average molecular weight is 1860 g/mol. The van der Waals surface area contributed by atoms with Gasteiger partial charge in [0.25, 0.3) is 0 Å². The van der Waals surface area contributed by atoms with Crippen molar-refractivity contribution >= 4 is 80.4 Å². The van der Waals surface area contributed by atoms with Gasteiger partial charge in [0, 0.05) is 51.9 Å². The van der Waals surface area contributed by atoms with Crippen LogP contribution in [0.25, 0.3) is 0 Å². The van der Waals surface area contributed by atoms with E-state index in [4.69, 9.17) is 76.7 Å². The molecule has 11 rings (SSSR count). The predicted octanol–water partition coefficient (Wildman–Crippen LogP) is 2.68. The summed E-state index contributed by atoms with van der Waals surface area (Å²) in [5.74, 6) is -5.06. The maximum Gasteiger partial charge on any atom is 0.534 e. The molecule has 692 valence electrons. The van der Waals surface area contributed by atoms with Gasteiger partial charge >= 0.3 is 64.5 Å². The highest BCUT2D eigenvalue weighted by molar-refractivity contribution is 9.10. The summed E-state index contributed by atoms with van der Waals surface area (Å²) in [5.41, 5.74) is -3.19. The second-order valence-corrected chi connectivity index (χ2v) is 33.4. The molecule has 25 atom stereocenters. The van der Waals surface area contributed by atoms with Crippen LogP contribution in [0.3, 0.4) is 0 Å². The van der Waals surface area contributed by atoms with Gasteiger partial charge in [-0.1, -0.05) is 103 Å². The number of carbonyl (C=O) groups excluding carboxylic acids is 6. The summed E-state index contributed by atoms with van der Waals surface area (Å²) in [6, 6.07) is 30.8. The van der Waals surface area contributed by atoms with Crippen molar-refractivity contribution in [3.8, 4) is 11.5 Å². The number of aliphatic hydroxyl groups excluding tert-OH is 12. The Morgan fingerprint density at radius 2 is 0.784 bits per heavy atom. The van der Waals surface area contributed by atoms with Crippen molar-refractivity contribution in [3.63, 3.8) is 0 Å². The lowest BCUT2D eigenvalue weighted by Crippen LogP contribution is -2.57. The van der Waals surface area contributed by atoms with E-state index in [1.165, 1.54) is 45.9 Å². The fourth-order valence-electron chi connectivity index (χ4n) is 13.9. The number of ether oxygens (including phenoxy) is 11. The third-order valence-electron chi connectivity index (χ3n) is 21.3. The molecule has 37 nitrogen and oxygen atoms in total. The zero-order valence-electron chi connectivity index (χ0n) is 69.7. The molecule has 0 aliphatic carbocycles. The maximum atomic E-state index is 12.4. The van der Waals surface area contributed by atoms with Crippen LogP contribution in [0.4, 0.5) is 13.2 Å². The maximum absolute atomic E-state index is 12.4. The van der Waals surface area contributed by atoms with E-state index in [2.05, 4.69) is 20.1 Å². The van der Waals surface area contributed by atoms with Gasteiger partial charge in [0.2, 0.25) is 0 Å². The number of hydrogen-bond acceptors (Lipinski definition) is 36. The van der Waals surface area contributed by atoms with Crippen LogP contribution in [-0.4, -0.2) is 288 Å². The first kappa shape index (κ1) is 104. The van der Waals surface area contributed by atoms with Gasteiger partial charge in [0.1, 0.15) is 153 Å². The van der Waals surface area contributed by atoms with Crippen molar-refractivity contribution in [3.05, 3.63) is 159 Å². The Morgan fingerprint density at radius 1 is 0.432 bits per heavy atom. The van der Waals surface area contributed by atoms with Crippen molar-refractivity contribution in [2.45, 2.75) is 240 Å². The molecule has 0 saturated carbocycles. The molecule has 5 aromatic carbocycles. The molecule has 0 spiro atoms. The number of alkyl halides is 3. The molecule has 0 bridgehead atoms. The molecule has 6 aliphatic heterocycles. The minimum Gasteiger partial charge on any atom is -0.508 e. The molecule has 0 aromatic heterocycles. The van der Waals surface area contributed by atoms with E-state index in [-0.39, 0.29) is 48.0 Å². The molecule has 43 heteroatoms. The van der Waals surface area contributed by atoms with Gasteiger partial charge in [-0.2, -0.15) is 21.6 Å². The lowest BCUT2D eigenvalue weighted by atomic mass is 9.78. The number of benzene rings is 5.